The Labute approximate surface area is 142 Å². The van der Waals surface area contributed by atoms with Crippen LogP contribution >= 0.6 is 0 Å². The Hall–Kier alpha value is -2.04. The van der Waals surface area contributed by atoms with Gasteiger partial charge >= 0.3 is 5.97 Å². The van der Waals surface area contributed by atoms with Gasteiger partial charge in [-0.25, -0.2) is 0 Å². The van der Waals surface area contributed by atoms with Crippen molar-refractivity contribution in [2.75, 3.05) is 20.2 Å². The first-order chi connectivity index (χ1) is 11.3. The van der Waals surface area contributed by atoms with Gasteiger partial charge in [0.25, 0.3) is 0 Å². The topological polar surface area (TPSA) is 66.8 Å². The standard InChI is InChI=1S/C19H25NO4/c1-18(2,14-8-4-5-9-15(14)24-3)16(21)20-11-13-7-6-10-19(13,12-20)17(22)23/h4-5,8-9,13H,6-7,10-12H2,1-3H3,(H,22,23)/t13-,19+/m0/s1. The van der Waals surface area contributed by atoms with Gasteiger partial charge in [-0.3, -0.25) is 9.59 Å². The number of amides is 1. The largest absolute Gasteiger partial charge is 0.496 e. The summed E-state index contributed by atoms with van der Waals surface area (Å²) in [6.07, 6.45) is 2.51. The Bertz CT molecular complexity index is 669. The number of benzene rings is 1. The molecular formula is C19H25NO4. The molecule has 1 aromatic carbocycles. The van der Waals surface area contributed by atoms with Gasteiger partial charge in [-0.2, -0.15) is 0 Å². The summed E-state index contributed by atoms with van der Waals surface area (Å²) in [7, 11) is 1.60. The highest BCUT2D eigenvalue weighted by atomic mass is 16.5. The third kappa shape index (κ3) is 2.38. The Kier molecular flexibility index (Phi) is 4.06. The SMILES string of the molecule is COc1ccccc1C(C)(C)C(=O)N1C[C@@H]2CCC[C@@]2(C(=O)O)C1. The number of carboxylic acid groups (broad SMARTS) is 1. The Balaban J connectivity index is 1.88. The van der Waals surface area contributed by atoms with E-state index in [0.717, 1.165) is 18.4 Å². The van der Waals surface area contributed by atoms with Crippen LogP contribution in [0.4, 0.5) is 0 Å². The van der Waals surface area contributed by atoms with E-state index < -0.39 is 16.8 Å². The number of ether oxygens (including phenoxy) is 1. The number of methoxy groups -OCH3 is 1. The normalized spacial score (nSPS) is 26.3. The molecule has 2 atom stereocenters. The predicted octanol–water partition coefficient (Wildman–Crippen LogP) is 2.69. The summed E-state index contributed by atoms with van der Waals surface area (Å²) in [5.41, 5.74) is -0.670. The smallest absolute Gasteiger partial charge is 0.311 e. The van der Waals surface area contributed by atoms with E-state index in [9.17, 15) is 14.7 Å². The molecule has 1 saturated heterocycles. The van der Waals surface area contributed by atoms with E-state index in [0.29, 0.717) is 25.3 Å². The van der Waals surface area contributed by atoms with Gasteiger partial charge in [0.05, 0.1) is 17.9 Å². The zero-order chi connectivity index (χ0) is 17.5. The number of aliphatic carboxylic acids is 1. The molecule has 1 aliphatic carbocycles. The highest BCUT2D eigenvalue weighted by Gasteiger charge is 2.57. The van der Waals surface area contributed by atoms with Crippen LogP contribution in [-0.2, 0) is 15.0 Å². The average Bonchev–Trinajstić information content (AvgIpc) is 3.12. The summed E-state index contributed by atoms with van der Waals surface area (Å²) in [5, 5.41) is 9.72. The maximum atomic E-state index is 13.2. The van der Waals surface area contributed by atoms with Gasteiger partial charge in [0.2, 0.25) is 5.91 Å². The molecule has 1 N–H and O–H groups in total. The molecule has 3 rings (SSSR count). The minimum absolute atomic E-state index is 0.0259. The Morgan fingerprint density at radius 2 is 2.04 bits per heavy atom. The van der Waals surface area contributed by atoms with E-state index >= 15 is 0 Å². The van der Waals surface area contributed by atoms with Gasteiger partial charge < -0.3 is 14.7 Å². The maximum absolute atomic E-state index is 13.2. The quantitative estimate of drug-likeness (QED) is 0.921. The molecule has 1 aliphatic heterocycles. The predicted molar refractivity (Wildman–Crippen MR) is 90.0 cm³/mol. The third-order valence-electron chi connectivity index (χ3n) is 5.90. The van der Waals surface area contributed by atoms with Gasteiger partial charge in [0, 0.05) is 18.7 Å². The second-order valence-electron chi connectivity index (χ2n) is 7.56. The van der Waals surface area contributed by atoms with Crippen molar-refractivity contribution in [1.82, 2.24) is 4.90 Å². The lowest BCUT2D eigenvalue weighted by molar-refractivity contribution is -0.149. The lowest BCUT2D eigenvalue weighted by Crippen LogP contribution is -2.44. The molecule has 5 heteroatoms. The molecule has 0 aromatic heterocycles. The van der Waals surface area contributed by atoms with Crippen molar-refractivity contribution in [3.8, 4) is 5.75 Å². The summed E-state index contributed by atoms with van der Waals surface area (Å²) in [4.78, 5) is 26.8. The van der Waals surface area contributed by atoms with Crippen LogP contribution in [-0.4, -0.2) is 42.1 Å². The van der Waals surface area contributed by atoms with Crippen molar-refractivity contribution in [1.29, 1.82) is 0 Å². The first-order valence-corrected chi connectivity index (χ1v) is 8.49. The molecule has 2 fully saturated rings. The number of fused-ring (bicyclic) bond motifs is 1. The third-order valence-corrected chi connectivity index (χ3v) is 5.90. The first-order valence-electron chi connectivity index (χ1n) is 8.49. The average molecular weight is 331 g/mol. The molecule has 1 saturated carbocycles. The van der Waals surface area contributed by atoms with E-state index in [1.165, 1.54) is 0 Å². The van der Waals surface area contributed by atoms with E-state index in [1.807, 2.05) is 38.1 Å². The van der Waals surface area contributed by atoms with Crippen LogP contribution in [0.15, 0.2) is 24.3 Å². The molecule has 0 unspecified atom stereocenters. The number of rotatable bonds is 4. The fourth-order valence-corrected chi connectivity index (χ4v) is 4.47. The van der Waals surface area contributed by atoms with E-state index in [1.54, 1.807) is 12.0 Å². The van der Waals surface area contributed by atoms with Crippen LogP contribution in [0.1, 0.15) is 38.7 Å². The van der Waals surface area contributed by atoms with Gasteiger partial charge in [0.15, 0.2) is 0 Å². The van der Waals surface area contributed by atoms with Crippen LogP contribution in [0.5, 0.6) is 5.75 Å². The second kappa shape index (κ2) is 5.80. The zero-order valence-corrected chi connectivity index (χ0v) is 14.5. The van der Waals surface area contributed by atoms with E-state index in [2.05, 4.69) is 0 Å². The number of hydrogen-bond donors (Lipinski definition) is 1. The lowest BCUT2D eigenvalue weighted by Gasteiger charge is -2.31. The Morgan fingerprint density at radius 3 is 2.67 bits per heavy atom. The van der Waals surface area contributed by atoms with Gasteiger partial charge in [-0.1, -0.05) is 24.6 Å². The molecule has 130 valence electrons. The summed E-state index contributed by atoms with van der Waals surface area (Å²) in [6, 6.07) is 7.52. The molecule has 0 bridgehead atoms. The number of likely N-dealkylation sites (tertiary alicyclic amines) is 1. The van der Waals surface area contributed by atoms with Crippen LogP contribution in [0.2, 0.25) is 0 Å². The van der Waals surface area contributed by atoms with Crippen LogP contribution < -0.4 is 4.74 Å². The minimum atomic E-state index is -0.759. The monoisotopic (exact) mass is 331 g/mol. The summed E-state index contributed by atoms with van der Waals surface area (Å²) < 4.78 is 5.41. The van der Waals surface area contributed by atoms with Gasteiger partial charge in [-0.15, -0.1) is 0 Å². The van der Waals surface area contributed by atoms with Crippen molar-refractivity contribution >= 4 is 11.9 Å². The van der Waals surface area contributed by atoms with Crippen LogP contribution in [0.3, 0.4) is 0 Å². The number of carbonyl (C=O) groups is 2. The molecule has 0 radical (unpaired) electrons. The van der Waals surface area contributed by atoms with Gasteiger partial charge in [-0.05, 0) is 38.7 Å². The zero-order valence-electron chi connectivity index (χ0n) is 14.5. The van der Waals surface area contributed by atoms with Crippen molar-refractivity contribution in [2.45, 2.75) is 38.5 Å². The van der Waals surface area contributed by atoms with E-state index in [4.69, 9.17) is 4.74 Å². The lowest BCUT2D eigenvalue weighted by atomic mass is 9.80. The second-order valence-corrected chi connectivity index (χ2v) is 7.56. The fourth-order valence-electron chi connectivity index (χ4n) is 4.47. The Morgan fingerprint density at radius 1 is 1.33 bits per heavy atom. The van der Waals surface area contributed by atoms with Crippen LogP contribution in [0, 0.1) is 11.3 Å². The molecule has 1 aromatic rings. The molecule has 1 amide bonds. The first kappa shape index (κ1) is 16.8. The number of carboxylic acids is 1. The van der Waals surface area contributed by atoms with Crippen LogP contribution in [0.25, 0.3) is 0 Å². The number of carbonyl (C=O) groups excluding carboxylic acids is 1. The maximum Gasteiger partial charge on any atom is 0.311 e. The highest BCUT2D eigenvalue weighted by molar-refractivity contribution is 5.89. The molecule has 5 nitrogen and oxygen atoms in total. The molecular weight excluding hydrogens is 306 g/mol. The van der Waals surface area contributed by atoms with Crippen molar-refractivity contribution in [3.05, 3.63) is 29.8 Å². The fraction of sp³-hybridized carbons (Fsp3) is 0.579. The minimum Gasteiger partial charge on any atom is -0.496 e. The number of nitrogens with zero attached hydrogens (tertiary/aromatic N) is 1. The van der Waals surface area contributed by atoms with Crippen molar-refractivity contribution < 1.29 is 19.4 Å². The number of para-hydroxylation sites is 1. The molecule has 24 heavy (non-hydrogen) atoms. The summed E-state index contributed by atoms with van der Waals surface area (Å²) >= 11 is 0. The number of hydrogen-bond acceptors (Lipinski definition) is 3. The van der Waals surface area contributed by atoms with Gasteiger partial charge in [0.1, 0.15) is 5.75 Å². The van der Waals surface area contributed by atoms with E-state index in [-0.39, 0.29) is 11.8 Å². The molecule has 0 spiro atoms. The van der Waals surface area contributed by atoms with Crippen molar-refractivity contribution in [2.24, 2.45) is 11.3 Å². The highest BCUT2D eigenvalue weighted by Crippen LogP contribution is 2.49. The summed E-state index contributed by atoms with van der Waals surface area (Å²) in [5.74, 6) is -0.0203. The summed E-state index contributed by atoms with van der Waals surface area (Å²) in [6.45, 7) is 4.64. The molecule has 1 heterocycles. The van der Waals surface area contributed by atoms with Crippen molar-refractivity contribution in [3.63, 3.8) is 0 Å². The molecule has 2 aliphatic rings.